The van der Waals surface area contributed by atoms with E-state index in [1.54, 1.807) is 0 Å². The van der Waals surface area contributed by atoms with Gasteiger partial charge in [0.25, 0.3) is 0 Å². The molecular formula is C18H34O7. The van der Waals surface area contributed by atoms with E-state index in [4.69, 9.17) is 9.84 Å². The average molecular weight is 362 g/mol. The standard InChI is InChI=1S/C18H34O7/c1-2-3-4-5-6-7-8-9-10-11-14(21)18(24)15(22)17(23)25-16(18)13(20)12-19/h13,15-17,19-20,22-24H,2-12H2,1H3/t13?,15-,16+,17-,18+/m0/s1. The quantitative estimate of drug-likeness (QED) is 0.304. The maximum Gasteiger partial charge on any atom is 0.184 e. The highest BCUT2D eigenvalue weighted by Gasteiger charge is 2.61. The molecule has 25 heavy (non-hydrogen) atoms. The van der Waals surface area contributed by atoms with Gasteiger partial charge in [0.2, 0.25) is 0 Å². The van der Waals surface area contributed by atoms with Gasteiger partial charge in [0.15, 0.2) is 17.7 Å². The number of rotatable bonds is 13. The second-order valence-electron chi connectivity index (χ2n) is 6.97. The normalized spacial score (nSPS) is 30.6. The van der Waals surface area contributed by atoms with E-state index in [0.29, 0.717) is 6.42 Å². The molecule has 5 atom stereocenters. The zero-order valence-corrected chi connectivity index (χ0v) is 15.1. The van der Waals surface area contributed by atoms with E-state index in [1.165, 1.54) is 32.1 Å². The van der Waals surface area contributed by atoms with E-state index in [0.717, 1.165) is 19.3 Å². The van der Waals surface area contributed by atoms with Crippen LogP contribution in [0.2, 0.25) is 0 Å². The van der Waals surface area contributed by atoms with Gasteiger partial charge < -0.3 is 30.3 Å². The molecule has 1 unspecified atom stereocenters. The highest BCUT2D eigenvalue weighted by molar-refractivity contribution is 5.89. The number of aliphatic hydroxyl groups excluding tert-OH is 4. The van der Waals surface area contributed by atoms with E-state index < -0.39 is 42.6 Å². The molecule has 0 aromatic heterocycles. The molecule has 1 aliphatic heterocycles. The lowest BCUT2D eigenvalue weighted by atomic mass is 9.83. The molecule has 0 aromatic carbocycles. The van der Waals surface area contributed by atoms with Gasteiger partial charge in [-0.05, 0) is 6.42 Å². The summed E-state index contributed by atoms with van der Waals surface area (Å²) in [7, 11) is 0. The average Bonchev–Trinajstić information content (AvgIpc) is 2.84. The van der Waals surface area contributed by atoms with Gasteiger partial charge in [-0.25, -0.2) is 0 Å². The predicted molar refractivity (Wildman–Crippen MR) is 91.8 cm³/mol. The van der Waals surface area contributed by atoms with Crippen molar-refractivity contribution < 1.29 is 35.1 Å². The van der Waals surface area contributed by atoms with Crippen LogP contribution >= 0.6 is 0 Å². The number of Topliss-reactive ketones (excluding diaryl/α,β-unsaturated/α-hetero) is 1. The maximum atomic E-state index is 12.4. The Morgan fingerprint density at radius 3 is 2.08 bits per heavy atom. The minimum atomic E-state index is -2.40. The van der Waals surface area contributed by atoms with Crippen molar-refractivity contribution in [2.24, 2.45) is 0 Å². The van der Waals surface area contributed by atoms with E-state index in [9.17, 15) is 25.2 Å². The van der Waals surface area contributed by atoms with Gasteiger partial charge >= 0.3 is 0 Å². The van der Waals surface area contributed by atoms with E-state index in [1.807, 2.05) is 0 Å². The SMILES string of the molecule is CCCCCCCCCCCC(=O)[C@]1(O)[C@@H](C(O)CO)O[C@H](O)[C@@H]1O. The van der Waals surface area contributed by atoms with Gasteiger partial charge in [0.1, 0.15) is 18.3 Å². The van der Waals surface area contributed by atoms with Crippen molar-refractivity contribution in [1.29, 1.82) is 0 Å². The summed E-state index contributed by atoms with van der Waals surface area (Å²) in [5.41, 5.74) is -2.40. The lowest BCUT2D eigenvalue weighted by Gasteiger charge is -2.31. The zero-order valence-electron chi connectivity index (χ0n) is 15.1. The summed E-state index contributed by atoms with van der Waals surface area (Å²) in [6.07, 6.45) is 2.96. The Morgan fingerprint density at radius 2 is 1.56 bits per heavy atom. The molecule has 0 aliphatic carbocycles. The summed E-state index contributed by atoms with van der Waals surface area (Å²) >= 11 is 0. The molecule has 7 heteroatoms. The molecule has 1 rings (SSSR count). The Labute approximate surface area is 149 Å². The Kier molecular flexibility index (Phi) is 10.1. The molecule has 0 bridgehead atoms. The van der Waals surface area contributed by atoms with Crippen LogP contribution in [0.3, 0.4) is 0 Å². The van der Waals surface area contributed by atoms with Crippen LogP contribution in [0.25, 0.3) is 0 Å². The Balaban J connectivity index is 2.36. The van der Waals surface area contributed by atoms with Gasteiger partial charge in [-0.2, -0.15) is 0 Å². The molecule has 7 nitrogen and oxygen atoms in total. The second-order valence-corrected chi connectivity index (χ2v) is 6.97. The van der Waals surface area contributed by atoms with E-state index in [-0.39, 0.29) is 6.42 Å². The minimum absolute atomic E-state index is 0.0219. The molecule has 5 N–H and O–H groups in total. The van der Waals surface area contributed by atoms with E-state index >= 15 is 0 Å². The van der Waals surface area contributed by atoms with Gasteiger partial charge in [-0.1, -0.05) is 58.3 Å². The van der Waals surface area contributed by atoms with Crippen molar-refractivity contribution in [3.8, 4) is 0 Å². The number of hydrogen-bond acceptors (Lipinski definition) is 7. The van der Waals surface area contributed by atoms with E-state index in [2.05, 4.69) is 6.92 Å². The highest BCUT2D eigenvalue weighted by atomic mass is 16.7. The highest BCUT2D eigenvalue weighted by Crippen LogP contribution is 2.34. The number of carbonyl (C=O) groups excluding carboxylic acids is 1. The van der Waals surface area contributed by atoms with Gasteiger partial charge in [-0.3, -0.25) is 4.79 Å². The van der Waals surface area contributed by atoms with Crippen molar-refractivity contribution in [1.82, 2.24) is 0 Å². The molecule has 1 aliphatic rings. The number of unbranched alkanes of at least 4 members (excludes halogenated alkanes) is 8. The molecule has 0 spiro atoms. The minimum Gasteiger partial charge on any atom is -0.394 e. The van der Waals surface area contributed by atoms with Crippen LogP contribution in [0.4, 0.5) is 0 Å². The van der Waals surface area contributed by atoms with Crippen molar-refractivity contribution in [2.45, 2.75) is 101 Å². The van der Waals surface area contributed by atoms with Crippen LogP contribution in [-0.4, -0.2) is 68.1 Å². The molecular weight excluding hydrogens is 328 g/mol. The number of ketones is 1. The molecule has 1 fully saturated rings. The second kappa shape index (κ2) is 11.2. The van der Waals surface area contributed by atoms with Crippen molar-refractivity contribution in [2.75, 3.05) is 6.61 Å². The molecule has 0 radical (unpaired) electrons. The van der Waals surface area contributed by atoms with Crippen LogP contribution in [0.15, 0.2) is 0 Å². The number of ether oxygens (including phenoxy) is 1. The number of hydrogen-bond donors (Lipinski definition) is 5. The third kappa shape index (κ3) is 5.98. The summed E-state index contributed by atoms with van der Waals surface area (Å²) < 4.78 is 4.88. The van der Waals surface area contributed by atoms with Crippen LogP contribution in [0.1, 0.15) is 71.1 Å². The number of aliphatic hydroxyl groups is 5. The van der Waals surface area contributed by atoms with Crippen molar-refractivity contribution >= 4 is 5.78 Å². The molecule has 0 amide bonds. The first-order chi connectivity index (χ1) is 11.9. The summed E-state index contributed by atoms with van der Waals surface area (Å²) in [5.74, 6) is -0.683. The first-order valence-corrected chi connectivity index (χ1v) is 9.45. The van der Waals surface area contributed by atoms with Crippen LogP contribution in [0, 0.1) is 0 Å². The third-order valence-corrected chi connectivity index (χ3v) is 4.93. The van der Waals surface area contributed by atoms with Gasteiger partial charge in [0.05, 0.1) is 6.61 Å². The lowest BCUT2D eigenvalue weighted by Crippen LogP contribution is -2.58. The molecule has 0 aromatic rings. The fraction of sp³-hybridized carbons (Fsp3) is 0.944. The first-order valence-electron chi connectivity index (χ1n) is 9.45. The smallest absolute Gasteiger partial charge is 0.184 e. The van der Waals surface area contributed by atoms with Crippen LogP contribution in [0.5, 0.6) is 0 Å². The Bertz CT molecular complexity index is 390. The van der Waals surface area contributed by atoms with Crippen molar-refractivity contribution in [3.05, 3.63) is 0 Å². The summed E-state index contributed by atoms with van der Waals surface area (Å²) in [6.45, 7) is 1.43. The van der Waals surface area contributed by atoms with Crippen molar-refractivity contribution in [3.63, 3.8) is 0 Å². The van der Waals surface area contributed by atoms with Gasteiger partial charge in [-0.15, -0.1) is 0 Å². The van der Waals surface area contributed by atoms with Gasteiger partial charge in [0, 0.05) is 6.42 Å². The molecule has 1 heterocycles. The zero-order chi connectivity index (χ0) is 18.9. The largest absolute Gasteiger partial charge is 0.394 e. The van der Waals surface area contributed by atoms with Crippen LogP contribution in [-0.2, 0) is 9.53 Å². The third-order valence-electron chi connectivity index (χ3n) is 4.93. The fourth-order valence-electron chi connectivity index (χ4n) is 3.31. The molecule has 0 saturated carbocycles. The Hall–Kier alpha value is -0.570. The summed E-state index contributed by atoms with van der Waals surface area (Å²) in [6, 6.07) is 0. The first kappa shape index (κ1) is 22.5. The maximum absolute atomic E-state index is 12.4. The molecule has 148 valence electrons. The van der Waals surface area contributed by atoms with Crippen LogP contribution < -0.4 is 0 Å². The predicted octanol–water partition coefficient (Wildman–Crippen LogP) is 0.639. The summed E-state index contributed by atoms with van der Waals surface area (Å²) in [4.78, 5) is 12.4. The monoisotopic (exact) mass is 362 g/mol. The molecule has 1 saturated heterocycles. The topological polar surface area (TPSA) is 127 Å². The number of carbonyl (C=O) groups is 1. The lowest BCUT2D eigenvalue weighted by molar-refractivity contribution is -0.165. The summed E-state index contributed by atoms with van der Waals surface area (Å²) in [5, 5.41) is 48.7. The fourth-order valence-corrected chi connectivity index (χ4v) is 3.31. The Morgan fingerprint density at radius 1 is 1.04 bits per heavy atom.